The van der Waals surface area contributed by atoms with Crippen molar-refractivity contribution in [3.8, 4) is 0 Å². The fourth-order valence-corrected chi connectivity index (χ4v) is 4.67. The molecule has 7 nitrogen and oxygen atoms in total. The van der Waals surface area contributed by atoms with Crippen molar-refractivity contribution < 1.29 is 14.3 Å². The summed E-state index contributed by atoms with van der Waals surface area (Å²) in [5, 5.41) is 8.02. The van der Waals surface area contributed by atoms with Crippen LogP contribution in [-0.4, -0.2) is 58.3 Å². The van der Waals surface area contributed by atoms with E-state index in [0.717, 1.165) is 31.4 Å². The molecule has 3 rings (SSSR count). The highest BCUT2D eigenvalue weighted by Gasteiger charge is 2.48. The Balaban J connectivity index is 1.87. The molecular formula is C24H40N4O3. The number of ether oxygens (including phenoxy) is 1. The molecule has 1 aliphatic heterocycles. The van der Waals surface area contributed by atoms with E-state index in [1.54, 1.807) is 16.7 Å². The van der Waals surface area contributed by atoms with Gasteiger partial charge in [0.1, 0.15) is 11.2 Å². The fourth-order valence-electron chi connectivity index (χ4n) is 4.67. The zero-order valence-electron chi connectivity index (χ0n) is 20.0. The molecule has 1 saturated carbocycles. The Morgan fingerprint density at radius 1 is 1.23 bits per heavy atom. The van der Waals surface area contributed by atoms with Gasteiger partial charge >= 0.3 is 0 Å². The van der Waals surface area contributed by atoms with Gasteiger partial charge in [-0.05, 0) is 32.3 Å². The SMILES string of the molecule is COCCCN1C(=O)c2cc(C(C)(C)C)nn2CC1(C)C(=O)NC1CCCCCCC1. The second kappa shape index (κ2) is 9.72. The summed E-state index contributed by atoms with van der Waals surface area (Å²) in [5.74, 6) is -0.192. The van der Waals surface area contributed by atoms with Gasteiger partial charge in [0.15, 0.2) is 0 Å². The molecule has 1 aromatic heterocycles. The predicted octanol–water partition coefficient (Wildman–Crippen LogP) is 3.66. The molecule has 7 heteroatoms. The highest BCUT2D eigenvalue weighted by molar-refractivity contribution is 5.99. The van der Waals surface area contributed by atoms with Crippen molar-refractivity contribution in [1.29, 1.82) is 0 Å². The van der Waals surface area contributed by atoms with Gasteiger partial charge < -0.3 is 15.0 Å². The molecule has 2 amide bonds. The first-order chi connectivity index (χ1) is 14.7. The zero-order chi connectivity index (χ0) is 22.6. The van der Waals surface area contributed by atoms with Gasteiger partial charge in [0.05, 0.1) is 12.2 Å². The summed E-state index contributed by atoms with van der Waals surface area (Å²) in [6.45, 7) is 9.55. The van der Waals surface area contributed by atoms with Crippen molar-refractivity contribution in [2.45, 2.75) is 103 Å². The van der Waals surface area contributed by atoms with Crippen LogP contribution in [0, 0.1) is 0 Å². The number of methoxy groups -OCH3 is 1. The van der Waals surface area contributed by atoms with Gasteiger partial charge in [0, 0.05) is 31.7 Å². The Hall–Kier alpha value is -1.89. The second-order valence-corrected chi connectivity index (χ2v) is 10.4. The van der Waals surface area contributed by atoms with E-state index in [-0.39, 0.29) is 23.3 Å². The van der Waals surface area contributed by atoms with Gasteiger partial charge in [0.25, 0.3) is 5.91 Å². The number of carbonyl (C=O) groups is 2. The summed E-state index contributed by atoms with van der Waals surface area (Å²) in [6.07, 6.45) is 8.77. The highest BCUT2D eigenvalue weighted by atomic mass is 16.5. The van der Waals surface area contributed by atoms with Crippen LogP contribution in [0.1, 0.15) is 95.2 Å². The monoisotopic (exact) mass is 432 g/mol. The predicted molar refractivity (Wildman–Crippen MR) is 121 cm³/mol. The number of carbonyl (C=O) groups excluding carboxylic acids is 2. The Morgan fingerprint density at radius 3 is 2.48 bits per heavy atom. The maximum atomic E-state index is 13.6. The molecule has 0 spiro atoms. The molecule has 1 aliphatic carbocycles. The molecular weight excluding hydrogens is 392 g/mol. The first-order valence-corrected chi connectivity index (χ1v) is 11.9. The number of amides is 2. The Labute approximate surface area is 186 Å². The van der Waals surface area contributed by atoms with Crippen molar-refractivity contribution in [2.75, 3.05) is 20.3 Å². The van der Waals surface area contributed by atoms with E-state index in [1.165, 1.54) is 19.3 Å². The van der Waals surface area contributed by atoms with E-state index in [2.05, 4.69) is 26.1 Å². The molecule has 0 radical (unpaired) electrons. The van der Waals surface area contributed by atoms with E-state index in [0.29, 0.717) is 31.8 Å². The molecule has 1 fully saturated rings. The van der Waals surface area contributed by atoms with Gasteiger partial charge in [-0.15, -0.1) is 0 Å². The van der Waals surface area contributed by atoms with Crippen molar-refractivity contribution in [2.24, 2.45) is 0 Å². The van der Waals surface area contributed by atoms with Crippen LogP contribution in [0.2, 0.25) is 0 Å². The van der Waals surface area contributed by atoms with E-state index >= 15 is 0 Å². The van der Waals surface area contributed by atoms with Gasteiger partial charge in [-0.2, -0.15) is 5.10 Å². The second-order valence-electron chi connectivity index (χ2n) is 10.4. The molecule has 31 heavy (non-hydrogen) atoms. The van der Waals surface area contributed by atoms with Crippen molar-refractivity contribution >= 4 is 11.8 Å². The van der Waals surface area contributed by atoms with Crippen LogP contribution >= 0.6 is 0 Å². The standard InChI is InChI=1S/C24H40N4O3/c1-23(2,3)20-16-19-21(29)27(14-11-15-31-5)24(4,17-28(19)26-20)22(30)25-18-12-9-7-6-8-10-13-18/h16,18H,6-15,17H2,1-5H3,(H,25,30). The van der Waals surface area contributed by atoms with Crippen LogP contribution < -0.4 is 5.32 Å². The molecule has 0 bridgehead atoms. The quantitative estimate of drug-likeness (QED) is 0.696. The minimum atomic E-state index is -0.971. The summed E-state index contributed by atoms with van der Waals surface area (Å²) >= 11 is 0. The molecule has 2 heterocycles. The minimum absolute atomic E-state index is 0.0673. The topological polar surface area (TPSA) is 76.5 Å². The van der Waals surface area contributed by atoms with Crippen molar-refractivity contribution in [3.63, 3.8) is 0 Å². The number of rotatable bonds is 6. The summed E-state index contributed by atoms with van der Waals surface area (Å²) in [5.41, 5.74) is 0.306. The van der Waals surface area contributed by atoms with E-state index < -0.39 is 5.54 Å². The molecule has 0 aromatic carbocycles. The van der Waals surface area contributed by atoms with Gasteiger partial charge in [0.2, 0.25) is 5.91 Å². The Morgan fingerprint density at radius 2 is 1.87 bits per heavy atom. The summed E-state index contributed by atoms with van der Waals surface area (Å²) in [6, 6.07) is 2.07. The third kappa shape index (κ3) is 5.30. The number of nitrogens with zero attached hydrogens (tertiary/aromatic N) is 3. The van der Waals surface area contributed by atoms with Gasteiger partial charge in [-0.1, -0.05) is 52.9 Å². The van der Waals surface area contributed by atoms with Crippen LogP contribution in [0.25, 0.3) is 0 Å². The fraction of sp³-hybridized carbons (Fsp3) is 0.792. The molecule has 1 unspecified atom stereocenters. The molecule has 0 saturated heterocycles. The lowest BCUT2D eigenvalue weighted by atomic mass is 9.91. The zero-order valence-corrected chi connectivity index (χ0v) is 20.0. The molecule has 1 aromatic rings. The summed E-state index contributed by atoms with van der Waals surface area (Å²) in [4.78, 5) is 28.9. The Bertz CT molecular complexity index is 774. The number of fused-ring (bicyclic) bond motifs is 1. The van der Waals surface area contributed by atoms with Crippen LogP contribution in [0.3, 0.4) is 0 Å². The molecule has 1 atom stereocenters. The first kappa shape index (κ1) is 23.8. The smallest absolute Gasteiger partial charge is 0.273 e. The molecule has 174 valence electrons. The van der Waals surface area contributed by atoms with Crippen LogP contribution in [0.4, 0.5) is 0 Å². The maximum Gasteiger partial charge on any atom is 0.273 e. The van der Waals surface area contributed by atoms with Crippen molar-refractivity contribution in [3.05, 3.63) is 17.5 Å². The summed E-state index contributed by atoms with van der Waals surface area (Å²) in [7, 11) is 1.66. The molecule has 1 N–H and O–H groups in total. The van der Waals surface area contributed by atoms with Gasteiger partial charge in [-0.3, -0.25) is 14.3 Å². The van der Waals surface area contributed by atoms with E-state index in [9.17, 15) is 9.59 Å². The lowest BCUT2D eigenvalue weighted by Crippen LogP contribution is -2.65. The number of aromatic nitrogens is 2. The highest BCUT2D eigenvalue weighted by Crippen LogP contribution is 2.31. The lowest BCUT2D eigenvalue weighted by molar-refractivity contribution is -0.134. The van der Waals surface area contributed by atoms with Crippen LogP contribution in [0.15, 0.2) is 6.07 Å². The van der Waals surface area contributed by atoms with Crippen molar-refractivity contribution in [1.82, 2.24) is 20.0 Å². The average molecular weight is 433 g/mol. The van der Waals surface area contributed by atoms with Gasteiger partial charge in [-0.25, -0.2) is 0 Å². The van der Waals surface area contributed by atoms with E-state index in [4.69, 9.17) is 9.84 Å². The van der Waals surface area contributed by atoms with E-state index in [1.807, 2.05) is 13.0 Å². The number of nitrogens with one attached hydrogen (secondary N) is 1. The largest absolute Gasteiger partial charge is 0.385 e. The number of hydrogen-bond donors (Lipinski definition) is 1. The Kier molecular flexibility index (Phi) is 7.45. The third-order valence-corrected chi connectivity index (χ3v) is 6.73. The third-order valence-electron chi connectivity index (χ3n) is 6.73. The first-order valence-electron chi connectivity index (χ1n) is 11.9. The lowest BCUT2D eigenvalue weighted by Gasteiger charge is -2.44. The van der Waals surface area contributed by atoms with Crippen LogP contribution in [0.5, 0.6) is 0 Å². The molecule has 2 aliphatic rings. The average Bonchev–Trinajstić information content (AvgIpc) is 3.10. The number of hydrogen-bond acceptors (Lipinski definition) is 4. The minimum Gasteiger partial charge on any atom is -0.385 e. The summed E-state index contributed by atoms with van der Waals surface area (Å²) < 4.78 is 6.95. The maximum absolute atomic E-state index is 13.6. The van der Waals surface area contributed by atoms with Crippen LogP contribution in [-0.2, 0) is 21.5 Å². The normalized spacial score (nSPS) is 23.3.